The lowest BCUT2D eigenvalue weighted by molar-refractivity contribution is -0.118. The Kier molecular flexibility index (Phi) is 6.57. The number of benzene rings is 2. The van der Waals surface area contributed by atoms with Gasteiger partial charge in [0.25, 0.3) is 0 Å². The van der Waals surface area contributed by atoms with Gasteiger partial charge in [-0.3, -0.25) is 4.79 Å². The Balaban J connectivity index is 1.97. The molecule has 0 aliphatic carbocycles. The summed E-state index contributed by atoms with van der Waals surface area (Å²) in [5.74, 6) is -0.396. The van der Waals surface area contributed by atoms with Crippen molar-refractivity contribution in [3.05, 3.63) is 59.9 Å². The summed E-state index contributed by atoms with van der Waals surface area (Å²) in [7, 11) is -0.649. The fourth-order valence-corrected chi connectivity index (χ4v) is 3.87. The molecule has 0 bridgehead atoms. The van der Waals surface area contributed by atoms with Gasteiger partial charge in [-0.15, -0.1) is 11.8 Å². The second-order valence-corrected chi connectivity index (χ2v) is 8.58. The summed E-state index contributed by atoms with van der Waals surface area (Å²) in [6.45, 7) is 0.117. The van der Waals surface area contributed by atoms with E-state index in [1.54, 1.807) is 30.3 Å². The minimum absolute atomic E-state index is 0.117. The summed E-state index contributed by atoms with van der Waals surface area (Å²) < 4.78 is 38.6. The Morgan fingerprint density at radius 3 is 2.40 bits per heavy atom. The van der Waals surface area contributed by atoms with E-state index >= 15 is 0 Å². The van der Waals surface area contributed by atoms with Crippen LogP contribution in [0.5, 0.6) is 0 Å². The highest BCUT2D eigenvalue weighted by molar-refractivity contribution is 8.00. The molecule has 2 aromatic rings. The maximum atomic E-state index is 12.8. The normalized spacial score (nSPS) is 11.5. The number of hydrogen-bond acceptors (Lipinski definition) is 4. The van der Waals surface area contributed by atoms with Gasteiger partial charge in [-0.2, -0.15) is 0 Å². The van der Waals surface area contributed by atoms with Gasteiger partial charge in [0, 0.05) is 25.5 Å². The highest BCUT2D eigenvalue weighted by atomic mass is 32.2. The van der Waals surface area contributed by atoms with E-state index in [1.165, 1.54) is 44.1 Å². The van der Waals surface area contributed by atoms with E-state index < -0.39 is 10.0 Å². The van der Waals surface area contributed by atoms with Crippen molar-refractivity contribution in [3.8, 4) is 0 Å². The smallest absolute Gasteiger partial charge is 0.242 e. The number of nitrogens with zero attached hydrogens (tertiary/aromatic N) is 1. The van der Waals surface area contributed by atoms with Gasteiger partial charge >= 0.3 is 0 Å². The third kappa shape index (κ3) is 5.29. The number of amides is 1. The molecule has 0 unspecified atom stereocenters. The monoisotopic (exact) mass is 382 g/mol. The van der Waals surface area contributed by atoms with Crippen molar-refractivity contribution < 1.29 is 17.6 Å². The molecule has 0 atom stereocenters. The van der Waals surface area contributed by atoms with Crippen LogP contribution < -0.4 is 5.32 Å². The summed E-state index contributed by atoms with van der Waals surface area (Å²) in [5, 5.41) is 2.72. The Morgan fingerprint density at radius 2 is 1.76 bits per heavy atom. The molecule has 0 heterocycles. The van der Waals surface area contributed by atoms with Gasteiger partial charge in [0.15, 0.2) is 0 Å². The largest absolute Gasteiger partial charge is 0.351 e. The molecular formula is C17H19FN2O3S2. The molecule has 25 heavy (non-hydrogen) atoms. The number of sulfonamides is 1. The molecule has 2 rings (SSSR count). The SMILES string of the molecule is CN(C)S(=O)(=O)c1ccccc1CNC(=O)CSc1ccc(F)cc1. The fraction of sp³-hybridized carbons (Fsp3) is 0.235. The van der Waals surface area contributed by atoms with Crippen molar-refractivity contribution >= 4 is 27.7 Å². The van der Waals surface area contributed by atoms with E-state index in [9.17, 15) is 17.6 Å². The van der Waals surface area contributed by atoms with Crippen LogP contribution in [0.3, 0.4) is 0 Å². The maximum absolute atomic E-state index is 12.8. The standard InChI is InChI=1S/C17H19FN2O3S2/c1-20(2)25(22,23)16-6-4-3-5-13(16)11-19-17(21)12-24-15-9-7-14(18)8-10-15/h3-10H,11-12H2,1-2H3,(H,19,21). The third-order valence-corrected chi connectivity index (χ3v) is 6.32. The molecule has 134 valence electrons. The maximum Gasteiger partial charge on any atom is 0.242 e. The van der Waals surface area contributed by atoms with Crippen molar-refractivity contribution in [2.45, 2.75) is 16.3 Å². The van der Waals surface area contributed by atoms with Crippen LogP contribution in [0.15, 0.2) is 58.3 Å². The minimum Gasteiger partial charge on any atom is -0.351 e. The van der Waals surface area contributed by atoms with Crippen LogP contribution in [-0.2, 0) is 21.4 Å². The third-order valence-electron chi connectivity index (χ3n) is 3.39. The molecule has 2 aromatic carbocycles. The Bertz CT molecular complexity index is 837. The van der Waals surface area contributed by atoms with E-state index in [1.807, 2.05) is 0 Å². The fourth-order valence-electron chi connectivity index (χ4n) is 2.02. The van der Waals surface area contributed by atoms with E-state index in [4.69, 9.17) is 0 Å². The average Bonchev–Trinajstić information content (AvgIpc) is 2.59. The number of carbonyl (C=O) groups is 1. The van der Waals surface area contributed by atoms with Crippen LogP contribution in [-0.4, -0.2) is 38.5 Å². The summed E-state index contributed by atoms with van der Waals surface area (Å²) >= 11 is 1.28. The number of rotatable bonds is 7. The van der Waals surface area contributed by atoms with Gasteiger partial charge in [0.2, 0.25) is 15.9 Å². The molecule has 0 spiro atoms. The second-order valence-electron chi connectivity index (χ2n) is 5.41. The van der Waals surface area contributed by atoms with E-state index in [0.717, 1.165) is 9.20 Å². The van der Waals surface area contributed by atoms with Gasteiger partial charge in [-0.05, 0) is 35.9 Å². The molecule has 0 fully saturated rings. The molecule has 0 aliphatic rings. The number of thioether (sulfide) groups is 1. The van der Waals surface area contributed by atoms with Crippen LogP contribution in [0.25, 0.3) is 0 Å². The molecule has 0 saturated heterocycles. The van der Waals surface area contributed by atoms with Crippen molar-refractivity contribution in [2.24, 2.45) is 0 Å². The Hall–Kier alpha value is -1.90. The lowest BCUT2D eigenvalue weighted by atomic mass is 10.2. The van der Waals surface area contributed by atoms with E-state index in [0.29, 0.717) is 5.56 Å². The first-order valence-electron chi connectivity index (χ1n) is 7.46. The lowest BCUT2D eigenvalue weighted by Gasteiger charge is -2.15. The Labute approximate surface area is 151 Å². The van der Waals surface area contributed by atoms with Crippen LogP contribution in [0.1, 0.15) is 5.56 Å². The quantitative estimate of drug-likeness (QED) is 0.747. The molecule has 0 saturated carbocycles. The van der Waals surface area contributed by atoms with Crippen molar-refractivity contribution in [2.75, 3.05) is 19.8 Å². The first-order valence-corrected chi connectivity index (χ1v) is 9.89. The van der Waals surface area contributed by atoms with Gasteiger partial charge in [-0.25, -0.2) is 17.1 Å². The Morgan fingerprint density at radius 1 is 1.12 bits per heavy atom. The number of carbonyl (C=O) groups excluding carboxylic acids is 1. The molecule has 1 amide bonds. The highest BCUT2D eigenvalue weighted by Gasteiger charge is 2.20. The summed E-state index contributed by atoms with van der Waals surface area (Å²) in [6, 6.07) is 12.4. The molecule has 8 heteroatoms. The molecular weight excluding hydrogens is 363 g/mol. The predicted octanol–water partition coefficient (Wildman–Crippen LogP) is 2.48. The zero-order chi connectivity index (χ0) is 18.4. The molecule has 0 radical (unpaired) electrons. The average molecular weight is 382 g/mol. The predicted molar refractivity (Wildman–Crippen MR) is 96.3 cm³/mol. The molecule has 1 N–H and O–H groups in total. The van der Waals surface area contributed by atoms with E-state index in [-0.39, 0.29) is 28.9 Å². The van der Waals surface area contributed by atoms with Crippen molar-refractivity contribution in [1.29, 1.82) is 0 Å². The van der Waals surface area contributed by atoms with Gasteiger partial charge in [-0.1, -0.05) is 18.2 Å². The molecule has 0 aliphatic heterocycles. The van der Waals surface area contributed by atoms with Crippen LogP contribution in [0.4, 0.5) is 4.39 Å². The number of nitrogens with one attached hydrogen (secondary N) is 1. The lowest BCUT2D eigenvalue weighted by Crippen LogP contribution is -2.27. The minimum atomic E-state index is -3.57. The summed E-state index contributed by atoms with van der Waals surface area (Å²) in [6.07, 6.45) is 0. The van der Waals surface area contributed by atoms with Gasteiger partial charge in [0.1, 0.15) is 5.82 Å². The number of hydrogen-bond donors (Lipinski definition) is 1. The first kappa shape index (κ1) is 19.4. The zero-order valence-electron chi connectivity index (χ0n) is 13.9. The molecule has 0 aromatic heterocycles. The highest BCUT2D eigenvalue weighted by Crippen LogP contribution is 2.19. The van der Waals surface area contributed by atoms with Crippen molar-refractivity contribution in [3.63, 3.8) is 0 Å². The van der Waals surface area contributed by atoms with Crippen LogP contribution in [0.2, 0.25) is 0 Å². The summed E-state index contributed by atoms with van der Waals surface area (Å²) in [4.78, 5) is 12.9. The van der Waals surface area contributed by atoms with Crippen molar-refractivity contribution in [1.82, 2.24) is 9.62 Å². The zero-order valence-corrected chi connectivity index (χ0v) is 15.5. The summed E-state index contributed by atoms with van der Waals surface area (Å²) in [5.41, 5.74) is 0.524. The van der Waals surface area contributed by atoms with Crippen LogP contribution in [0, 0.1) is 5.82 Å². The van der Waals surface area contributed by atoms with Crippen LogP contribution >= 0.6 is 11.8 Å². The molecule has 5 nitrogen and oxygen atoms in total. The van der Waals surface area contributed by atoms with Gasteiger partial charge in [0.05, 0.1) is 10.6 Å². The second kappa shape index (κ2) is 8.46. The van der Waals surface area contributed by atoms with Gasteiger partial charge < -0.3 is 5.32 Å². The van der Waals surface area contributed by atoms with E-state index in [2.05, 4.69) is 5.32 Å². The topological polar surface area (TPSA) is 66.5 Å². The number of halogens is 1. The first-order chi connectivity index (χ1) is 11.8.